The predicted molar refractivity (Wildman–Crippen MR) is 79.2 cm³/mol. The third kappa shape index (κ3) is 3.79. The normalized spacial score (nSPS) is 14.2. The minimum absolute atomic E-state index is 0.0533. The largest absolute Gasteiger partial charge is 0.431 e. The summed E-state index contributed by atoms with van der Waals surface area (Å²) in [5.74, 6) is -0.827. The van der Waals surface area contributed by atoms with E-state index in [4.69, 9.17) is 24.8 Å². The summed E-state index contributed by atoms with van der Waals surface area (Å²) < 4.78 is 1.83. The Labute approximate surface area is 124 Å². The average molecular weight is 292 g/mol. The molecular formula is C14H16N2OS2. The third-order valence-corrected chi connectivity index (χ3v) is 3.28. The van der Waals surface area contributed by atoms with Gasteiger partial charge in [0.15, 0.2) is 12.4 Å². The summed E-state index contributed by atoms with van der Waals surface area (Å²) in [5, 5.41) is 9.27. The average Bonchev–Trinajstić information content (AvgIpc) is 2.34. The van der Waals surface area contributed by atoms with Crippen LogP contribution in [0.15, 0.2) is 30.6 Å². The molecule has 1 heterocycles. The number of Topliss-reactive ketones (excluding diaryl/α,β-unsaturated/α-hetero) is 1. The molecule has 0 aliphatic carbocycles. The maximum atomic E-state index is 12.6. The molecule has 100 valence electrons. The summed E-state index contributed by atoms with van der Waals surface area (Å²) in [6, 6.07) is 6.86. The molecule has 1 aromatic heterocycles. The standard InChI is InChI=1S/C14H16N2OS2/c1-14(2,3)12(17)11(10(9-15)13(18)19)16-7-5-4-6-8-16/h4-8,10-11H,1-3H3. The SMILES string of the molecule is CC(C)(C)C(=O)C(C(C#N)C(=S)[S-])[n+]1ccccc1. The second kappa shape index (κ2) is 6.18. The number of rotatable bonds is 4. The number of carbonyl (C=O) groups is 1. The van der Waals surface area contributed by atoms with Gasteiger partial charge in [-0.25, -0.2) is 0 Å². The van der Waals surface area contributed by atoms with Gasteiger partial charge in [-0.2, -0.15) is 9.83 Å². The molecule has 0 saturated heterocycles. The number of aromatic nitrogens is 1. The Bertz CT molecular complexity index is 514. The second-order valence-electron chi connectivity index (χ2n) is 5.31. The highest BCUT2D eigenvalue weighted by Gasteiger charge is 2.41. The molecule has 0 bridgehead atoms. The van der Waals surface area contributed by atoms with Gasteiger partial charge in [0.25, 0.3) is 0 Å². The molecular weight excluding hydrogens is 276 g/mol. The first-order chi connectivity index (χ1) is 8.79. The highest BCUT2D eigenvalue weighted by molar-refractivity contribution is 8.00. The first-order valence-electron chi connectivity index (χ1n) is 5.89. The fourth-order valence-electron chi connectivity index (χ4n) is 1.75. The Hall–Kier alpha value is -1.38. The number of hydrogen-bond acceptors (Lipinski definition) is 4. The molecule has 0 amide bonds. The minimum atomic E-state index is -0.774. The number of pyridine rings is 1. The fraction of sp³-hybridized carbons (Fsp3) is 0.429. The molecule has 0 aromatic carbocycles. The van der Waals surface area contributed by atoms with Crippen LogP contribution >= 0.6 is 12.2 Å². The van der Waals surface area contributed by atoms with Crippen LogP contribution < -0.4 is 4.57 Å². The topological polar surface area (TPSA) is 44.7 Å². The molecule has 19 heavy (non-hydrogen) atoms. The molecule has 0 saturated carbocycles. The first kappa shape index (κ1) is 15.7. The summed E-state index contributed by atoms with van der Waals surface area (Å²) in [6.45, 7) is 5.48. The molecule has 0 spiro atoms. The Morgan fingerprint density at radius 1 is 1.32 bits per heavy atom. The van der Waals surface area contributed by atoms with Crippen molar-refractivity contribution in [1.82, 2.24) is 0 Å². The van der Waals surface area contributed by atoms with Gasteiger partial charge in [-0.1, -0.05) is 26.8 Å². The lowest BCUT2D eigenvalue weighted by Gasteiger charge is -2.25. The van der Waals surface area contributed by atoms with Crippen molar-refractivity contribution < 1.29 is 9.36 Å². The van der Waals surface area contributed by atoms with Gasteiger partial charge in [-0.3, -0.25) is 4.79 Å². The van der Waals surface area contributed by atoms with E-state index in [9.17, 15) is 10.1 Å². The number of ketones is 1. The molecule has 5 heteroatoms. The van der Waals surface area contributed by atoms with Gasteiger partial charge in [0, 0.05) is 17.5 Å². The van der Waals surface area contributed by atoms with Crippen LogP contribution in [0.3, 0.4) is 0 Å². The van der Waals surface area contributed by atoms with E-state index < -0.39 is 17.4 Å². The molecule has 1 aromatic rings. The van der Waals surface area contributed by atoms with Crippen molar-refractivity contribution in [3.8, 4) is 6.07 Å². The van der Waals surface area contributed by atoms with Crippen molar-refractivity contribution >= 4 is 34.8 Å². The Morgan fingerprint density at radius 2 is 1.84 bits per heavy atom. The van der Waals surface area contributed by atoms with Gasteiger partial charge in [-0.15, -0.1) is 4.20 Å². The zero-order valence-electron chi connectivity index (χ0n) is 11.2. The number of nitrogens with zero attached hydrogens (tertiary/aromatic N) is 2. The van der Waals surface area contributed by atoms with Crippen molar-refractivity contribution in [3.63, 3.8) is 0 Å². The van der Waals surface area contributed by atoms with Crippen LogP contribution in [0.2, 0.25) is 0 Å². The molecule has 0 aliphatic heterocycles. The van der Waals surface area contributed by atoms with E-state index >= 15 is 0 Å². The molecule has 2 unspecified atom stereocenters. The van der Waals surface area contributed by atoms with Gasteiger partial charge < -0.3 is 24.8 Å². The van der Waals surface area contributed by atoms with Crippen LogP contribution in [-0.2, 0) is 17.4 Å². The van der Waals surface area contributed by atoms with Crippen molar-refractivity contribution in [1.29, 1.82) is 5.26 Å². The van der Waals surface area contributed by atoms with Gasteiger partial charge in [0.2, 0.25) is 11.8 Å². The monoisotopic (exact) mass is 292 g/mol. The maximum Gasteiger partial charge on any atom is 0.234 e. The summed E-state index contributed by atoms with van der Waals surface area (Å²) >= 11 is 9.92. The number of carbonyl (C=O) groups excluding carboxylic acids is 1. The number of hydrogen-bond donors (Lipinski definition) is 0. The summed E-state index contributed by atoms with van der Waals surface area (Å²) in [7, 11) is 0. The van der Waals surface area contributed by atoms with E-state index in [1.54, 1.807) is 17.0 Å². The number of thiocarbonyl (C=S) groups is 1. The van der Waals surface area contributed by atoms with Gasteiger partial charge in [0.05, 0.1) is 6.07 Å². The van der Waals surface area contributed by atoms with E-state index in [1.807, 2.05) is 39.0 Å². The molecule has 2 atom stereocenters. The van der Waals surface area contributed by atoms with E-state index in [1.165, 1.54) is 0 Å². The van der Waals surface area contributed by atoms with Crippen LogP contribution in [-0.4, -0.2) is 9.98 Å². The van der Waals surface area contributed by atoms with Gasteiger partial charge in [0.1, 0.15) is 5.92 Å². The van der Waals surface area contributed by atoms with Crippen molar-refractivity contribution in [2.75, 3.05) is 0 Å². The quantitative estimate of drug-likeness (QED) is 0.484. The summed E-state index contributed by atoms with van der Waals surface area (Å²) in [4.78, 5) is 12.6. The van der Waals surface area contributed by atoms with Crippen molar-refractivity contribution in [2.45, 2.75) is 26.8 Å². The fourth-order valence-corrected chi connectivity index (χ4v) is 2.12. The highest BCUT2D eigenvalue weighted by atomic mass is 32.1. The van der Waals surface area contributed by atoms with Crippen LogP contribution in [0.1, 0.15) is 26.8 Å². The van der Waals surface area contributed by atoms with Crippen LogP contribution in [0.5, 0.6) is 0 Å². The molecule has 3 nitrogen and oxygen atoms in total. The summed E-state index contributed by atoms with van der Waals surface area (Å²) in [6.07, 6.45) is 3.51. The van der Waals surface area contributed by atoms with Gasteiger partial charge in [-0.05, 0) is 0 Å². The van der Waals surface area contributed by atoms with E-state index in [0.29, 0.717) is 0 Å². The molecule has 0 N–H and O–H groups in total. The van der Waals surface area contributed by atoms with Crippen LogP contribution in [0, 0.1) is 22.7 Å². The molecule has 0 radical (unpaired) electrons. The smallest absolute Gasteiger partial charge is 0.234 e. The zero-order valence-corrected chi connectivity index (χ0v) is 12.8. The molecule has 1 rings (SSSR count). The van der Waals surface area contributed by atoms with Crippen LogP contribution in [0.4, 0.5) is 0 Å². The van der Waals surface area contributed by atoms with E-state index in [0.717, 1.165) is 0 Å². The Kier molecular flexibility index (Phi) is 5.10. The zero-order chi connectivity index (χ0) is 14.6. The van der Waals surface area contributed by atoms with Crippen molar-refractivity contribution in [3.05, 3.63) is 30.6 Å². The molecule has 0 fully saturated rings. The lowest BCUT2D eigenvalue weighted by Crippen LogP contribution is -2.51. The Morgan fingerprint density at radius 3 is 2.21 bits per heavy atom. The second-order valence-corrected chi connectivity index (χ2v) is 6.45. The first-order valence-corrected chi connectivity index (χ1v) is 6.71. The highest BCUT2D eigenvalue weighted by Crippen LogP contribution is 2.26. The van der Waals surface area contributed by atoms with E-state index in [-0.39, 0.29) is 9.98 Å². The third-order valence-electron chi connectivity index (χ3n) is 2.78. The maximum absolute atomic E-state index is 12.6. The predicted octanol–water partition coefficient (Wildman–Crippen LogP) is 2.14. The lowest BCUT2D eigenvalue weighted by atomic mass is 9.82. The summed E-state index contributed by atoms with van der Waals surface area (Å²) in [5.41, 5.74) is -0.567. The van der Waals surface area contributed by atoms with Crippen LogP contribution in [0.25, 0.3) is 0 Å². The van der Waals surface area contributed by atoms with Gasteiger partial charge >= 0.3 is 0 Å². The Balaban J connectivity index is 3.31. The van der Waals surface area contributed by atoms with Crippen molar-refractivity contribution in [2.24, 2.45) is 11.3 Å². The minimum Gasteiger partial charge on any atom is -0.431 e. The lowest BCUT2D eigenvalue weighted by molar-refractivity contribution is -0.712. The molecule has 0 aliphatic rings. The van der Waals surface area contributed by atoms with E-state index in [2.05, 4.69) is 6.07 Å². The number of nitriles is 1.